The van der Waals surface area contributed by atoms with E-state index >= 15 is 0 Å². The molecule has 0 aromatic heterocycles. The standard InChI is InChI=1S/C21H23N3O4S/c22-20(25)19-14-16-6-2-3-7-18(16)24(19)21(26)15-8-10-17(11-9-15)29(27,28)23-12-4-1-5-13-23/h2-3,6-11,19H,1,4-5,12-14H2,(H2,22,25). The number of hydrogen-bond acceptors (Lipinski definition) is 4. The second-order valence-electron chi connectivity index (χ2n) is 7.42. The van der Waals surface area contributed by atoms with Crippen LogP contribution in [0.1, 0.15) is 35.2 Å². The minimum Gasteiger partial charge on any atom is -0.368 e. The zero-order chi connectivity index (χ0) is 20.6. The van der Waals surface area contributed by atoms with E-state index in [1.165, 1.54) is 33.5 Å². The highest BCUT2D eigenvalue weighted by molar-refractivity contribution is 7.89. The van der Waals surface area contributed by atoms with Gasteiger partial charge in [-0.1, -0.05) is 24.6 Å². The molecule has 29 heavy (non-hydrogen) atoms. The molecular formula is C21H23N3O4S. The van der Waals surface area contributed by atoms with Crippen molar-refractivity contribution >= 4 is 27.5 Å². The summed E-state index contributed by atoms with van der Waals surface area (Å²) in [5, 5.41) is 0. The number of nitrogens with two attached hydrogens (primary N) is 1. The number of nitrogens with zero attached hydrogens (tertiary/aromatic N) is 2. The first-order valence-corrected chi connectivity index (χ1v) is 11.1. The molecule has 2 N–H and O–H groups in total. The van der Waals surface area contributed by atoms with E-state index in [1.807, 2.05) is 12.1 Å². The fourth-order valence-electron chi connectivity index (χ4n) is 4.03. The maximum atomic E-state index is 13.1. The smallest absolute Gasteiger partial charge is 0.259 e. The summed E-state index contributed by atoms with van der Waals surface area (Å²) >= 11 is 0. The zero-order valence-corrected chi connectivity index (χ0v) is 16.8. The number of benzene rings is 2. The van der Waals surface area contributed by atoms with E-state index in [1.54, 1.807) is 12.1 Å². The number of piperidine rings is 1. The third kappa shape index (κ3) is 3.54. The Labute approximate surface area is 170 Å². The Morgan fingerprint density at radius 1 is 0.931 bits per heavy atom. The lowest BCUT2D eigenvalue weighted by Gasteiger charge is -2.26. The average Bonchev–Trinajstić information content (AvgIpc) is 3.14. The number of fused-ring (bicyclic) bond motifs is 1. The molecule has 2 amide bonds. The maximum absolute atomic E-state index is 13.1. The fraction of sp³-hybridized carbons (Fsp3) is 0.333. The summed E-state index contributed by atoms with van der Waals surface area (Å²) in [6, 6.07) is 12.5. The van der Waals surface area contributed by atoms with Crippen molar-refractivity contribution in [3.05, 3.63) is 59.7 Å². The second kappa shape index (κ2) is 7.61. The molecule has 2 aromatic rings. The van der Waals surface area contributed by atoms with Gasteiger partial charge in [0, 0.05) is 30.8 Å². The van der Waals surface area contributed by atoms with Gasteiger partial charge in [-0.2, -0.15) is 4.31 Å². The Bertz CT molecular complexity index is 1040. The lowest BCUT2D eigenvalue weighted by molar-refractivity contribution is -0.119. The van der Waals surface area contributed by atoms with Crippen molar-refractivity contribution in [3.8, 4) is 0 Å². The normalized spacial score (nSPS) is 19.7. The van der Waals surface area contributed by atoms with Gasteiger partial charge in [0.1, 0.15) is 6.04 Å². The SMILES string of the molecule is NC(=O)C1Cc2ccccc2N1C(=O)c1ccc(S(=O)(=O)N2CCCCC2)cc1. The molecule has 1 saturated heterocycles. The van der Waals surface area contributed by atoms with Gasteiger partial charge in [-0.05, 0) is 48.7 Å². The third-order valence-corrected chi connectivity index (χ3v) is 7.49. The van der Waals surface area contributed by atoms with Gasteiger partial charge in [0.2, 0.25) is 15.9 Å². The Hall–Kier alpha value is -2.71. The maximum Gasteiger partial charge on any atom is 0.259 e. The van der Waals surface area contributed by atoms with Gasteiger partial charge in [0.15, 0.2) is 0 Å². The molecule has 0 radical (unpaired) electrons. The van der Waals surface area contributed by atoms with Crippen LogP contribution < -0.4 is 10.6 Å². The lowest BCUT2D eigenvalue weighted by Crippen LogP contribution is -2.46. The van der Waals surface area contributed by atoms with Crippen LogP contribution in [0.2, 0.25) is 0 Å². The number of carbonyl (C=O) groups is 2. The minimum absolute atomic E-state index is 0.171. The summed E-state index contributed by atoms with van der Waals surface area (Å²) in [6.07, 6.45) is 3.13. The van der Waals surface area contributed by atoms with E-state index in [-0.39, 0.29) is 10.8 Å². The summed E-state index contributed by atoms with van der Waals surface area (Å²) in [7, 11) is -3.56. The Kier molecular flexibility index (Phi) is 5.14. The topological polar surface area (TPSA) is 101 Å². The highest BCUT2D eigenvalue weighted by Gasteiger charge is 2.37. The van der Waals surface area contributed by atoms with Crippen LogP contribution in [0.15, 0.2) is 53.4 Å². The van der Waals surface area contributed by atoms with Crippen LogP contribution in [0.25, 0.3) is 0 Å². The molecule has 7 nitrogen and oxygen atoms in total. The lowest BCUT2D eigenvalue weighted by atomic mass is 10.1. The fourth-order valence-corrected chi connectivity index (χ4v) is 5.54. The minimum atomic E-state index is -3.56. The molecule has 2 heterocycles. The summed E-state index contributed by atoms with van der Waals surface area (Å²) in [5.41, 5.74) is 7.38. The van der Waals surface area contributed by atoms with E-state index in [9.17, 15) is 18.0 Å². The van der Waals surface area contributed by atoms with Crippen LogP contribution in [-0.2, 0) is 21.2 Å². The van der Waals surface area contributed by atoms with Gasteiger partial charge in [-0.15, -0.1) is 0 Å². The number of sulfonamides is 1. The van der Waals surface area contributed by atoms with Gasteiger partial charge in [0.05, 0.1) is 4.90 Å². The number of hydrogen-bond donors (Lipinski definition) is 1. The Balaban J connectivity index is 1.62. The summed E-state index contributed by atoms with van der Waals surface area (Å²) in [6.45, 7) is 1.04. The summed E-state index contributed by atoms with van der Waals surface area (Å²) in [5.74, 6) is -0.945. The number of anilines is 1. The molecule has 0 saturated carbocycles. The van der Waals surface area contributed by atoms with E-state index in [0.29, 0.717) is 30.8 Å². The molecule has 0 bridgehead atoms. The Morgan fingerprint density at radius 3 is 2.24 bits per heavy atom. The van der Waals surface area contributed by atoms with Crippen LogP contribution in [0.3, 0.4) is 0 Å². The highest BCUT2D eigenvalue weighted by Crippen LogP contribution is 2.33. The molecule has 1 fully saturated rings. The van der Waals surface area contributed by atoms with Gasteiger partial charge in [0.25, 0.3) is 5.91 Å². The average molecular weight is 413 g/mol. The van der Waals surface area contributed by atoms with Gasteiger partial charge in [-0.25, -0.2) is 8.42 Å². The van der Waals surface area contributed by atoms with Gasteiger partial charge in [-0.3, -0.25) is 14.5 Å². The van der Waals surface area contributed by atoms with Crippen molar-refractivity contribution in [1.29, 1.82) is 0 Å². The molecule has 1 unspecified atom stereocenters. The highest BCUT2D eigenvalue weighted by atomic mass is 32.2. The van der Waals surface area contributed by atoms with E-state index in [2.05, 4.69) is 0 Å². The summed E-state index contributed by atoms with van der Waals surface area (Å²) < 4.78 is 27.1. The van der Waals surface area contributed by atoms with Crippen LogP contribution in [0, 0.1) is 0 Å². The first kappa shape index (κ1) is 19.6. The number of carbonyl (C=O) groups excluding carboxylic acids is 2. The molecule has 4 rings (SSSR count). The van der Waals surface area contributed by atoms with Crippen LogP contribution in [0.4, 0.5) is 5.69 Å². The molecule has 2 aromatic carbocycles. The molecular weight excluding hydrogens is 390 g/mol. The molecule has 0 aliphatic carbocycles. The molecule has 2 aliphatic heterocycles. The van der Waals surface area contributed by atoms with Crippen molar-refractivity contribution in [2.75, 3.05) is 18.0 Å². The van der Waals surface area contributed by atoms with E-state index in [0.717, 1.165) is 24.8 Å². The molecule has 2 aliphatic rings. The number of rotatable bonds is 4. The van der Waals surface area contributed by atoms with Crippen LogP contribution in [0.5, 0.6) is 0 Å². The molecule has 1 atom stereocenters. The quantitative estimate of drug-likeness (QED) is 0.827. The number of primary amides is 1. The van der Waals surface area contributed by atoms with Gasteiger partial charge >= 0.3 is 0 Å². The number of para-hydroxylation sites is 1. The summed E-state index contributed by atoms with van der Waals surface area (Å²) in [4.78, 5) is 26.6. The first-order valence-electron chi connectivity index (χ1n) is 9.70. The van der Waals surface area contributed by atoms with Crippen molar-refractivity contribution in [2.45, 2.75) is 36.6 Å². The van der Waals surface area contributed by atoms with E-state index in [4.69, 9.17) is 5.73 Å². The predicted molar refractivity (Wildman–Crippen MR) is 109 cm³/mol. The predicted octanol–water partition coefficient (Wildman–Crippen LogP) is 1.92. The van der Waals surface area contributed by atoms with Crippen LogP contribution in [-0.4, -0.2) is 43.7 Å². The molecule has 8 heteroatoms. The largest absolute Gasteiger partial charge is 0.368 e. The number of amides is 2. The van der Waals surface area contributed by atoms with Crippen LogP contribution >= 0.6 is 0 Å². The van der Waals surface area contributed by atoms with Crippen molar-refractivity contribution in [1.82, 2.24) is 4.31 Å². The van der Waals surface area contributed by atoms with Crippen molar-refractivity contribution in [3.63, 3.8) is 0 Å². The monoisotopic (exact) mass is 413 g/mol. The van der Waals surface area contributed by atoms with Gasteiger partial charge < -0.3 is 5.73 Å². The first-order chi connectivity index (χ1) is 13.9. The third-order valence-electron chi connectivity index (χ3n) is 5.58. The van der Waals surface area contributed by atoms with Crippen molar-refractivity contribution < 1.29 is 18.0 Å². The molecule has 0 spiro atoms. The molecule has 152 valence electrons. The zero-order valence-electron chi connectivity index (χ0n) is 16.0. The second-order valence-corrected chi connectivity index (χ2v) is 9.35. The van der Waals surface area contributed by atoms with E-state index < -0.39 is 22.0 Å². The Morgan fingerprint density at radius 2 is 1.59 bits per heavy atom. The van der Waals surface area contributed by atoms with Crippen molar-refractivity contribution in [2.24, 2.45) is 5.73 Å².